The van der Waals surface area contributed by atoms with Gasteiger partial charge in [-0.3, -0.25) is 9.59 Å². The van der Waals surface area contributed by atoms with E-state index in [1.165, 1.54) is 25.3 Å². The molecule has 2 aromatic rings. The van der Waals surface area contributed by atoms with Gasteiger partial charge in [0.25, 0.3) is 5.91 Å². The quantitative estimate of drug-likeness (QED) is 0.635. The second kappa shape index (κ2) is 9.71. The lowest BCUT2D eigenvalue weighted by atomic mass is 10.1. The molecule has 2 aliphatic heterocycles. The Balaban J connectivity index is 1.56. The Hall–Kier alpha value is -3.98. The van der Waals surface area contributed by atoms with E-state index in [0.717, 1.165) is 17.8 Å². The molecular formula is C23H17F3N4O4S. The van der Waals surface area contributed by atoms with Crippen molar-refractivity contribution in [3.05, 3.63) is 58.0 Å². The Labute approximate surface area is 202 Å². The number of halogens is 3. The average Bonchev–Trinajstić information content (AvgIpc) is 3.19. The van der Waals surface area contributed by atoms with Gasteiger partial charge >= 0.3 is 6.18 Å². The van der Waals surface area contributed by atoms with E-state index in [9.17, 15) is 22.8 Å². The minimum absolute atomic E-state index is 0.0199. The third-order valence-corrected chi connectivity index (χ3v) is 6.08. The summed E-state index contributed by atoms with van der Waals surface area (Å²) in [6, 6.07) is 9.18. The van der Waals surface area contributed by atoms with E-state index in [2.05, 4.69) is 10.3 Å². The predicted molar refractivity (Wildman–Crippen MR) is 122 cm³/mol. The molecule has 0 saturated carbocycles. The third kappa shape index (κ3) is 5.41. The lowest BCUT2D eigenvalue weighted by Gasteiger charge is -2.27. The van der Waals surface area contributed by atoms with Crippen molar-refractivity contribution in [2.75, 3.05) is 26.7 Å². The van der Waals surface area contributed by atoms with E-state index in [1.807, 2.05) is 0 Å². The topological polar surface area (TPSA) is 104 Å². The van der Waals surface area contributed by atoms with E-state index in [1.54, 1.807) is 23.1 Å². The highest BCUT2D eigenvalue weighted by Gasteiger charge is 2.35. The number of carbonyl (C=O) groups excluding carboxylic acids is 2. The number of benzene rings is 2. The molecule has 180 valence electrons. The van der Waals surface area contributed by atoms with Crippen LogP contribution in [0, 0.1) is 11.3 Å². The van der Waals surface area contributed by atoms with Gasteiger partial charge in [-0.15, -0.1) is 0 Å². The highest BCUT2D eigenvalue weighted by Crippen LogP contribution is 2.41. The molecule has 8 nitrogen and oxygen atoms in total. The largest absolute Gasteiger partial charge is 0.493 e. The lowest BCUT2D eigenvalue weighted by Crippen LogP contribution is -2.49. The van der Waals surface area contributed by atoms with Gasteiger partial charge in [0.1, 0.15) is 5.75 Å². The zero-order valence-corrected chi connectivity index (χ0v) is 19.0. The summed E-state index contributed by atoms with van der Waals surface area (Å²) in [6.45, 7) is 1.11. The van der Waals surface area contributed by atoms with Crippen LogP contribution in [0.1, 0.15) is 16.7 Å². The number of nitriles is 1. The Morgan fingerprint density at radius 1 is 1.17 bits per heavy atom. The fourth-order valence-corrected chi connectivity index (χ4v) is 4.31. The molecule has 0 radical (unpaired) electrons. The van der Waals surface area contributed by atoms with Crippen LogP contribution in [0.2, 0.25) is 0 Å². The van der Waals surface area contributed by atoms with Crippen molar-refractivity contribution in [1.82, 2.24) is 10.2 Å². The lowest BCUT2D eigenvalue weighted by molar-refractivity contribution is -0.138. The maximum absolute atomic E-state index is 13.5. The van der Waals surface area contributed by atoms with Gasteiger partial charge in [0.2, 0.25) is 5.91 Å². The monoisotopic (exact) mass is 502 g/mol. The fraction of sp³-hybridized carbons (Fsp3) is 0.217. The number of rotatable bonds is 4. The number of aliphatic imine (C=N–C) groups is 1. The Morgan fingerprint density at radius 2 is 1.94 bits per heavy atom. The molecule has 1 saturated heterocycles. The van der Waals surface area contributed by atoms with Crippen molar-refractivity contribution >= 4 is 34.8 Å². The summed E-state index contributed by atoms with van der Waals surface area (Å²) in [7, 11) is 1.33. The zero-order chi connectivity index (χ0) is 25.2. The second-order valence-electron chi connectivity index (χ2n) is 7.41. The summed E-state index contributed by atoms with van der Waals surface area (Å²) < 4.78 is 51.2. The Bertz CT molecular complexity index is 1300. The van der Waals surface area contributed by atoms with Gasteiger partial charge in [-0.2, -0.15) is 23.4 Å². The summed E-state index contributed by atoms with van der Waals surface area (Å²) in [5.41, 5.74) is -0.702. The summed E-state index contributed by atoms with van der Waals surface area (Å²) in [6.07, 6.45) is -3.16. The minimum atomic E-state index is -4.73. The molecule has 2 aromatic carbocycles. The zero-order valence-electron chi connectivity index (χ0n) is 18.2. The van der Waals surface area contributed by atoms with Crippen LogP contribution in [0.4, 0.5) is 13.2 Å². The number of carbonyl (C=O) groups is 2. The number of amides is 2. The van der Waals surface area contributed by atoms with Gasteiger partial charge in [-0.05, 0) is 53.7 Å². The minimum Gasteiger partial charge on any atom is -0.493 e. The maximum Gasteiger partial charge on any atom is 0.420 e. The van der Waals surface area contributed by atoms with Crippen molar-refractivity contribution in [2.45, 2.75) is 6.18 Å². The molecule has 0 unspecified atom stereocenters. The second-order valence-corrected chi connectivity index (χ2v) is 8.42. The standard InChI is InChI=1S/C23H17F3N4O4S/c1-33-18-9-13(10-19-21(32)29-22(35-19)30-7-6-28-20(31)12-30)2-5-17(18)34-16-4-3-14(11-27)8-15(16)23(24,25)26/h2-5,8-10H,6-7,12H2,1H3,(H,28,31). The molecule has 1 N–H and O–H groups in total. The molecule has 0 bridgehead atoms. The van der Waals surface area contributed by atoms with Crippen LogP contribution in [-0.4, -0.2) is 48.6 Å². The summed E-state index contributed by atoms with van der Waals surface area (Å²) in [5, 5.41) is 12.1. The number of piperazine rings is 1. The smallest absolute Gasteiger partial charge is 0.420 e. The van der Waals surface area contributed by atoms with E-state index in [0.29, 0.717) is 34.8 Å². The summed E-state index contributed by atoms with van der Waals surface area (Å²) in [4.78, 5) is 30.0. The van der Waals surface area contributed by atoms with Gasteiger partial charge in [0, 0.05) is 13.1 Å². The molecule has 35 heavy (non-hydrogen) atoms. The molecule has 0 spiro atoms. The van der Waals surface area contributed by atoms with Crippen molar-refractivity contribution in [2.24, 2.45) is 4.99 Å². The molecule has 2 aliphatic rings. The highest BCUT2D eigenvalue weighted by atomic mass is 32.2. The first-order valence-corrected chi connectivity index (χ1v) is 11.0. The first-order chi connectivity index (χ1) is 16.7. The van der Waals surface area contributed by atoms with Crippen LogP contribution in [0.15, 0.2) is 46.3 Å². The number of nitrogens with one attached hydrogen (secondary N) is 1. The first kappa shape index (κ1) is 24.2. The summed E-state index contributed by atoms with van der Waals surface area (Å²) >= 11 is 1.13. The van der Waals surface area contributed by atoms with E-state index < -0.39 is 23.4 Å². The number of alkyl halides is 3. The molecule has 1 fully saturated rings. The normalized spacial score (nSPS) is 17.2. The van der Waals surface area contributed by atoms with Crippen molar-refractivity contribution in [3.63, 3.8) is 0 Å². The molecule has 0 aliphatic carbocycles. The molecular weight excluding hydrogens is 485 g/mol. The van der Waals surface area contributed by atoms with Gasteiger partial charge in [-0.1, -0.05) is 6.07 Å². The van der Waals surface area contributed by atoms with Gasteiger partial charge in [-0.25, -0.2) is 0 Å². The molecule has 2 heterocycles. The van der Waals surface area contributed by atoms with Crippen LogP contribution in [0.25, 0.3) is 6.08 Å². The number of nitrogens with zero attached hydrogens (tertiary/aromatic N) is 3. The number of ether oxygens (including phenoxy) is 2. The predicted octanol–water partition coefficient (Wildman–Crippen LogP) is 3.78. The van der Waals surface area contributed by atoms with E-state index in [-0.39, 0.29) is 29.5 Å². The first-order valence-electron chi connectivity index (χ1n) is 10.2. The van der Waals surface area contributed by atoms with Crippen LogP contribution in [0.5, 0.6) is 17.2 Å². The SMILES string of the molecule is COc1cc(C=C2SC(N3CCNC(=O)C3)=NC2=O)ccc1Oc1ccc(C#N)cc1C(F)(F)F. The molecule has 0 aromatic heterocycles. The number of hydrogen-bond donors (Lipinski definition) is 1. The van der Waals surface area contributed by atoms with Gasteiger partial charge in [0.05, 0.1) is 35.8 Å². The Morgan fingerprint density at radius 3 is 2.63 bits per heavy atom. The highest BCUT2D eigenvalue weighted by molar-refractivity contribution is 8.18. The molecule has 0 atom stereocenters. The van der Waals surface area contributed by atoms with Gasteiger partial charge < -0.3 is 19.7 Å². The number of methoxy groups -OCH3 is 1. The van der Waals surface area contributed by atoms with E-state index in [4.69, 9.17) is 14.7 Å². The van der Waals surface area contributed by atoms with E-state index >= 15 is 0 Å². The fourth-order valence-electron chi connectivity index (χ4n) is 3.37. The van der Waals surface area contributed by atoms with Crippen molar-refractivity contribution in [1.29, 1.82) is 5.26 Å². The average molecular weight is 502 g/mol. The third-order valence-electron chi connectivity index (χ3n) is 5.04. The molecule has 12 heteroatoms. The van der Waals surface area contributed by atoms with Crippen LogP contribution in [-0.2, 0) is 15.8 Å². The molecule has 4 rings (SSSR count). The van der Waals surface area contributed by atoms with Crippen LogP contribution < -0.4 is 14.8 Å². The van der Waals surface area contributed by atoms with Crippen LogP contribution in [0.3, 0.4) is 0 Å². The van der Waals surface area contributed by atoms with Crippen LogP contribution >= 0.6 is 11.8 Å². The number of hydrogen-bond acceptors (Lipinski definition) is 7. The Kier molecular flexibility index (Phi) is 6.70. The maximum atomic E-state index is 13.5. The number of amidine groups is 1. The van der Waals surface area contributed by atoms with Gasteiger partial charge in [0.15, 0.2) is 16.7 Å². The van der Waals surface area contributed by atoms with Crippen molar-refractivity contribution in [3.8, 4) is 23.3 Å². The number of thioether (sulfide) groups is 1. The molecule has 2 amide bonds. The van der Waals surface area contributed by atoms with Crippen molar-refractivity contribution < 1.29 is 32.2 Å². The summed E-state index contributed by atoms with van der Waals surface area (Å²) in [5.74, 6) is -0.929.